The van der Waals surface area contributed by atoms with Crippen LogP contribution in [0.3, 0.4) is 0 Å². The van der Waals surface area contributed by atoms with Gasteiger partial charge in [0.15, 0.2) is 0 Å². The summed E-state index contributed by atoms with van der Waals surface area (Å²) in [6, 6.07) is 0. The van der Waals surface area contributed by atoms with Gasteiger partial charge >= 0.3 is 0 Å². The highest BCUT2D eigenvalue weighted by atomic mass is 16.4. The highest BCUT2D eigenvalue weighted by molar-refractivity contribution is 4.66. The summed E-state index contributed by atoms with van der Waals surface area (Å²) in [5.74, 6) is 4.82. The molecule has 0 rings (SSSR count). The Balaban J connectivity index is 3.32. The minimum atomic E-state index is -1.11. The predicted molar refractivity (Wildman–Crippen MR) is 31.3 cm³/mol. The fourth-order valence-corrected chi connectivity index (χ4v) is 0.378. The van der Waals surface area contributed by atoms with Crippen molar-refractivity contribution < 1.29 is 15.3 Å². The molecule has 0 amide bonds. The van der Waals surface area contributed by atoms with Crippen LogP contribution in [0.2, 0.25) is 0 Å². The van der Waals surface area contributed by atoms with Gasteiger partial charge in [-0.3, -0.25) is 11.3 Å². The third-order valence-electron chi connectivity index (χ3n) is 0.958. The summed E-state index contributed by atoms with van der Waals surface area (Å²) in [6.07, 6.45) is -2.11. The lowest BCUT2D eigenvalue weighted by molar-refractivity contribution is -0.0127. The number of nitrogens with two attached hydrogens (primary N) is 1. The molecule has 0 aliphatic carbocycles. The normalized spacial score (nSPS) is 17.3. The second kappa shape index (κ2) is 4.66. The van der Waals surface area contributed by atoms with Crippen LogP contribution in [0.15, 0.2) is 0 Å². The van der Waals surface area contributed by atoms with Gasteiger partial charge in [0.25, 0.3) is 0 Å². The van der Waals surface area contributed by atoms with Crippen LogP contribution in [-0.4, -0.2) is 40.7 Å². The molecule has 6 N–H and O–H groups in total. The van der Waals surface area contributed by atoms with Gasteiger partial charge in [0.2, 0.25) is 0 Å². The van der Waals surface area contributed by atoms with E-state index >= 15 is 0 Å². The number of nitrogens with one attached hydrogen (secondary N) is 1. The molecule has 9 heavy (non-hydrogen) atoms. The zero-order valence-electron chi connectivity index (χ0n) is 4.99. The number of aliphatic hydroxyl groups is 3. The number of rotatable bonds is 4. The van der Waals surface area contributed by atoms with Crippen LogP contribution in [0.5, 0.6) is 0 Å². The van der Waals surface area contributed by atoms with Crippen LogP contribution in [0.1, 0.15) is 0 Å². The minimum absolute atomic E-state index is 0.0712. The molecule has 0 unspecified atom stereocenters. The molecule has 0 aromatic carbocycles. The summed E-state index contributed by atoms with van der Waals surface area (Å²) in [5.41, 5.74) is 2.16. The van der Waals surface area contributed by atoms with E-state index in [1.165, 1.54) is 0 Å². The van der Waals surface area contributed by atoms with Crippen LogP contribution >= 0.6 is 0 Å². The van der Waals surface area contributed by atoms with Gasteiger partial charge < -0.3 is 15.3 Å². The largest absolute Gasteiger partial charge is 0.394 e. The van der Waals surface area contributed by atoms with E-state index in [-0.39, 0.29) is 6.54 Å². The Morgan fingerprint density at radius 1 is 1.33 bits per heavy atom. The average Bonchev–Trinajstić information content (AvgIpc) is 1.87. The van der Waals surface area contributed by atoms with Gasteiger partial charge in [-0.25, -0.2) is 0 Å². The average molecular weight is 136 g/mol. The smallest absolute Gasteiger partial charge is 0.104 e. The van der Waals surface area contributed by atoms with E-state index in [9.17, 15) is 0 Å². The molecule has 0 spiro atoms. The van der Waals surface area contributed by atoms with E-state index in [0.717, 1.165) is 0 Å². The summed E-state index contributed by atoms with van der Waals surface area (Å²) in [6.45, 7) is -0.384. The summed E-state index contributed by atoms with van der Waals surface area (Å²) in [4.78, 5) is 0. The molecule has 0 saturated heterocycles. The first kappa shape index (κ1) is 8.80. The molecule has 5 nitrogen and oxygen atoms in total. The Kier molecular flexibility index (Phi) is 4.55. The van der Waals surface area contributed by atoms with Crippen molar-refractivity contribution in [3.63, 3.8) is 0 Å². The molecular weight excluding hydrogens is 124 g/mol. The molecule has 0 aliphatic rings. The predicted octanol–water partition coefficient (Wildman–Crippen LogP) is -2.84. The Labute approximate surface area is 53.1 Å². The molecule has 0 fully saturated rings. The van der Waals surface area contributed by atoms with Crippen molar-refractivity contribution in [2.45, 2.75) is 12.2 Å². The Bertz CT molecular complexity index is 70.8. The van der Waals surface area contributed by atoms with E-state index in [1.54, 1.807) is 0 Å². The topological polar surface area (TPSA) is 98.7 Å². The molecule has 56 valence electrons. The molecule has 0 aliphatic heterocycles. The first-order valence-electron chi connectivity index (χ1n) is 2.62. The third kappa shape index (κ3) is 3.39. The summed E-state index contributed by atoms with van der Waals surface area (Å²) < 4.78 is 0. The molecule has 2 atom stereocenters. The van der Waals surface area contributed by atoms with Crippen molar-refractivity contribution in [3.05, 3.63) is 0 Å². The summed E-state index contributed by atoms with van der Waals surface area (Å²) >= 11 is 0. The van der Waals surface area contributed by atoms with Crippen molar-refractivity contribution in [2.24, 2.45) is 5.84 Å². The van der Waals surface area contributed by atoms with Crippen molar-refractivity contribution in [1.82, 2.24) is 5.43 Å². The van der Waals surface area contributed by atoms with Gasteiger partial charge in [-0.2, -0.15) is 0 Å². The number of hydrazine groups is 1. The van der Waals surface area contributed by atoms with E-state index in [4.69, 9.17) is 21.2 Å². The first-order chi connectivity index (χ1) is 4.22. The molecule has 0 saturated carbocycles. The maximum Gasteiger partial charge on any atom is 0.104 e. The lowest BCUT2D eigenvalue weighted by Gasteiger charge is -2.13. The molecule has 0 aromatic rings. The highest BCUT2D eigenvalue weighted by Gasteiger charge is 2.12. The maximum absolute atomic E-state index is 8.77. The van der Waals surface area contributed by atoms with E-state index in [0.29, 0.717) is 0 Å². The quantitative estimate of drug-likeness (QED) is 0.212. The van der Waals surface area contributed by atoms with Gasteiger partial charge in [-0.15, -0.1) is 0 Å². The van der Waals surface area contributed by atoms with Gasteiger partial charge in [0, 0.05) is 6.54 Å². The second-order valence-electron chi connectivity index (χ2n) is 1.73. The maximum atomic E-state index is 8.77. The minimum Gasteiger partial charge on any atom is -0.394 e. The Morgan fingerprint density at radius 2 is 1.89 bits per heavy atom. The van der Waals surface area contributed by atoms with Crippen LogP contribution in [0.4, 0.5) is 0 Å². The Morgan fingerprint density at radius 3 is 2.22 bits per heavy atom. The van der Waals surface area contributed by atoms with E-state index in [2.05, 4.69) is 5.43 Å². The van der Waals surface area contributed by atoms with Crippen molar-refractivity contribution in [1.29, 1.82) is 0 Å². The van der Waals surface area contributed by atoms with Crippen molar-refractivity contribution >= 4 is 0 Å². The SMILES string of the molecule is NNC[C@H](O)[C@H](O)CO. The highest BCUT2D eigenvalue weighted by Crippen LogP contribution is 1.88. The lowest BCUT2D eigenvalue weighted by Crippen LogP contribution is -2.40. The zero-order chi connectivity index (χ0) is 7.28. The number of hydrogen-bond acceptors (Lipinski definition) is 5. The van der Waals surface area contributed by atoms with Crippen LogP contribution < -0.4 is 11.3 Å². The van der Waals surface area contributed by atoms with Crippen molar-refractivity contribution in [2.75, 3.05) is 13.2 Å². The standard InChI is InChI=1S/C4H12N2O3/c5-6-1-3(8)4(9)2-7/h3-4,6-9H,1-2,5H2/t3-,4+/m0/s1. The third-order valence-corrected chi connectivity index (χ3v) is 0.958. The van der Waals surface area contributed by atoms with Gasteiger partial charge in [-0.1, -0.05) is 0 Å². The molecule has 5 heteroatoms. The molecule has 0 radical (unpaired) electrons. The van der Waals surface area contributed by atoms with Crippen molar-refractivity contribution in [3.8, 4) is 0 Å². The van der Waals surface area contributed by atoms with Gasteiger partial charge in [-0.05, 0) is 0 Å². The van der Waals surface area contributed by atoms with E-state index < -0.39 is 18.8 Å². The molecule has 0 bridgehead atoms. The monoisotopic (exact) mass is 136 g/mol. The van der Waals surface area contributed by atoms with Gasteiger partial charge in [0.05, 0.1) is 12.7 Å². The lowest BCUT2D eigenvalue weighted by atomic mass is 10.2. The van der Waals surface area contributed by atoms with E-state index in [1.807, 2.05) is 0 Å². The van der Waals surface area contributed by atoms with Gasteiger partial charge in [0.1, 0.15) is 6.10 Å². The Hall–Kier alpha value is -0.200. The molecule has 0 heterocycles. The second-order valence-corrected chi connectivity index (χ2v) is 1.73. The summed E-state index contributed by atoms with van der Waals surface area (Å²) in [5, 5.41) is 25.7. The number of aliphatic hydroxyl groups excluding tert-OH is 3. The first-order valence-corrected chi connectivity index (χ1v) is 2.62. The van der Waals surface area contributed by atoms with Crippen LogP contribution in [0, 0.1) is 0 Å². The van der Waals surface area contributed by atoms with Crippen LogP contribution in [0.25, 0.3) is 0 Å². The fraction of sp³-hybridized carbons (Fsp3) is 1.00. The summed E-state index contributed by atoms with van der Waals surface area (Å²) in [7, 11) is 0. The number of hydrogen-bond donors (Lipinski definition) is 5. The molecular formula is C4H12N2O3. The van der Waals surface area contributed by atoms with Crippen LogP contribution in [-0.2, 0) is 0 Å². The molecule has 0 aromatic heterocycles. The fourth-order valence-electron chi connectivity index (χ4n) is 0.378. The zero-order valence-corrected chi connectivity index (χ0v) is 4.99.